The van der Waals surface area contributed by atoms with Gasteiger partial charge in [0.25, 0.3) is 0 Å². The van der Waals surface area contributed by atoms with Gasteiger partial charge in [-0.3, -0.25) is 4.98 Å². The highest BCUT2D eigenvalue weighted by Crippen LogP contribution is 2.31. The van der Waals surface area contributed by atoms with Crippen LogP contribution in [0.5, 0.6) is 11.6 Å². The number of alkyl halides is 3. The number of ether oxygens (including phenoxy) is 1. The maximum atomic E-state index is 12.7. The minimum Gasteiger partial charge on any atom is -0.439 e. The van der Waals surface area contributed by atoms with Crippen LogP contribution < -0.4 is 9.64 Å². The molecular weight excluding hydrogens is 403 g/mol. The van der Waals surface area contributed by atoms with Crippen LogP contribution in [0.3, 0.4) is 0 Å². The van der Waals surface area contributed by atoms with Crippen LogP contribution >= 0.6 is 0 Å². The SMILES string of the molecule is Cc1cc(C=C2CCN(c3cccnc3)CC2)cc(Oc2ccc(C(F)(F)F)cn2)c1. The highest BCUT2D eigenvalue weighted by atomic mass is 19.4. The van der Waals surface area contributed by atoms with Gasteiger partial charge >= 0.3 is 6.18 Å². The molecule has 1 aliphatic heterocycles. The number of aryl methyl sites for hydroxylation is 1. The Morgan fingerprint density at radius 1 is 1.03 bits per heavy atom. The summed E-state index contributed by atoms with van der Waals surface area (Å²) in [6.45, 7) is 3.82. The van der Waals surface area contributed by atoms with Crippen LogP contribution in [0.2, 0.25) is 0 Å². The maximum absolute atomic E-state index is 12.7. The molecule has 1 aliphatic rings. The summed E-state index contributed by atoms with van der Waals surface area (Å²) in [5.74, 6) is 0.675. The number of pyridine rings is 2. The predicted molar refractivity (Wildman–Crippen MR) is 114 cm³/mol. The average molecular weight is 425 g/mol. The second kappa shape index (κ2) is 8.79. The monoisotopic (exact) mass is 425 g/mol. The Balaban J connectivity index is 1.44. The van der Waals surface area contributed by atoms with Crippen molar-refractivity contribution < 1.29 is 17.9 Å². The Hall–Kier alpha value is -3.35. The molecule has 4 nitrogen and oxygen atoms in total. The normalized spacial score (nSPS) is 14.5. The van der Waals surface area contributed by atoms with E-state index >= 15 is 0 Å². The van der Waals surface area contributed by atoms with Crippen molar-refractivity contribution in [3.05, 3.63) is 83.3 Å². The zero-order chi connectivity index (χ0) is 21.8. The Morgan fingerprint density at radius 2 is 1.84 bits per heavy atom. The summed E-state index contributed by atoms with van der Waals surface area (Å²) in [6.07, 6.45) is 4.11. The van der Waals surface area contributed by atoms with Crippen LogP contribution in [0, 0.1) is 6.92 Å². The molecule has 2 aromatic heterocycles. The second-order valence-electron chi connectivity index (χ2n) is 7.57. The fraction of sp³-hybridized carbons (Fsp3) is 0.250. The molecule has 7 heteroatoms. The van der Waals surface area contributed by atoms with Crippen LogP contribution in [0.15, 0.2) is 66.6 Å². The number of rotatable bonds is 4. The van der Waals surface area contributed by atoms with E-state index in [0.29, 0.717) is 5.75 Å². The Kier molecular flexibility index (Phi) is 5.93. The number of halogens is 3. The third-order valence-corrected chi connectivity index (χ3v) is 5.15. The van der Waals surface area contributed by atoms with Crippen molar-refractivity contribution in [3.63, 3.8) is 0 Å². The fourth-order valence-corrected chi connectivity index (χ4v) is 3.62. The highest BCUT2D eigenvalue weighted by molar-refractivity contribution is 5.58. The molecule has 0 spiro atoms. The summed E-state index contributed by atoms with van der Waals surface area (Å²) in [7, 11) is 0. The molecular formula is C24H22F3N3O. The van der Waals surface area contributed by atoms with Gasteiger partial charge in [-0.1, -0.05) is 17.7 Å². The number of aromatic nitrogens is 2. The maximum Gasteiger partial charge on any atom is 0.417 e. The van der Waals surface area contributed by atoms with Crippen molar-refractivity contribution in [3.8, 4) is 11.6 Å². The van der Waals surface area contributed by atoms with E-state index in [2.05, 4.69) is 33.1 Å². The van der Waals surface area contributed by atoms with Gasteiger partial charge in [0.15, 0.2) is 0 Å². The third kappa shape index (κ3) is 5.42. The van der Waals surface area contributed by atoms with Crippen molar-refractivity contribution >= 4 is 11.8 Å². The quantitative estimate of drug-likeness (QED) is 0.493. The topological polar surface area (TPSA) is 38.2 Å². The molecule has 1 aromatic carbocycles. The first-order valence-corrected chi connectivity index (χ1v) is 10.0. The van der Waals surface area contributed by atoms with Crippen LogP contribution in [0.4, 0.5) is 18.9 Å². The summed E-state index contributed by atoms with van der Waals surface area (Å²) >= 11 is 0. The van der Waals surface area contributed by atoms with E-state index < -0.39 is 11.7 Å². The first-order chi connectivity index (χ1) is 14.9. The van der Waals surface area contributed by atoms with Crippen molar-refractivity contribution in [1.29, 1.82) is 0 Å². The lowest BCUT2D eigenvalue weighted by Gasteiger charge is -2.30. The summed E-state index contributed by atoms with van der Waals surface area (Å²) in [4.78, 5) is 10.3. The van der Waals surface area contributed by atoms with Crippen LogP contribution in [0.1, 0.15) is 29.5 Å². The third-order valence-electron chi connectivity index (χ3n) is 5.15. The molecule has 3 aromatic rings. The molecule has 0 unspecified atom stereocenters. The van der Waals surface area contributed by atoms with Crippen LogP contribution in [-0.4, -0.2) is 23.1 Å². The van der Waals surface area contributed by atoms with E-state index in [1.165, 1.54) is 11.6 Å². The molecule has 4 rings (SSSR count). The van der Waals surface area contributed by atoms with Gasteiger partial charge in [-0.15, -0.1) is 0 Å². The van der Waals surface area contributed by atoms with Gasteiger partial charge in [-0.05, 0) is 61.2 Å². The minimum absolute atomic E-state index is 0.127. The molecule has 3 heterocycles. The molecule has 1 saturated heterocycles. The predicted octanol–water partition coefficient (Wildman–Crippen LogP) is 6.28. The number of piperidine rings is 1. The van der Waals surface area contributed by atoms with Gasteiger partial charge < -0.3 is 9.64 Å². The van der Waals surface area contributed by atoms with E-state index in [1.807, 2.05) is 31.3 Å². The molecule has 0 aliphatic carbocycles. The van der Waals surface area contributed by atoms with E-state index in [0.717, 1.165) is 55.0 Å². The number of benzene rings is 1. The first-order valence-electron chi connectivity index (χ1n) is 10.0. The van der Waals surface area contributed by atoms with Gasteiger partial charge in [0.2, 0.25) is 5.88 Å². The van der Waals surface area contributed by atoms with Crippen molar-refractivity contribution in [1.82, 2.24) is 9.97 Å². The average Bonchev–Trinajstić information content (AvgIpc) is 2.74. The lowest BCUT2D eigenvalue weighted by Crippen LogP contribution is -2.30. The largest absolute Gasteiger partial charge is 0.439 e. The number of nitrogens with zero attached hydrogens (tertiary/aromatic N) is 3. The van der Waals surface area contributed by atoms with E-state index in [-0.39, 0.29) is 5.88 Å². The van der Waals surface area contributed by atoms with Gasteiger partial charge in [0.05, 0.1) is 17.4 Å². The second-order valence-corrected chi connectivity index (χ2v) is 7.57. The molecule has 0 radical (unpaired) electrons. The number of hydrogen-bond acceptors (Lipinski definition) is 4. The first kappa shape index (κ1) is 20.9. The van der Waals surface area contributed by atoms with Crippen LogP contribution in [-0.2, 0) is 6.18 Å². The van der Waals surface area contributed by atoms with E-state index in [1.54, 1.807) is 6.20 Å². The van der Waals surface area contributed by atoms with Gasteiger partial charge in [-0.25, -0.2) is 4.98 Å². The molecule has 31 heavy (non-hydrogen) atoms. The van der Waals surface area contributed by atoms with Gasteiger partial charge in [0.1, 0.15) is 5.75 Å². The summed E-state index contributed by atoms with van der Waals surface area (Å²) in [5.41, 5.74) is 3.70. The number of anilines is 1. The summed E-state index contributed by atoms with van der Waals surface area (Å²) in [5, 5.41) is 0. The van der Waals surface area contributed by atoms with Gasteiger partial charge in [-0.2, -0.15) is 13.2 Å². The van der Waals surface area contributed by atoms with Gasteiger partial charge in [0, 0.05) is 31.5 Å². The summed E-state index contributed by atoms with van der Waals surface area (Å²) < 4.78 is 43.8. The molecule has 0 amide bonds. The fourth-order valence-electron chi connectivity index (χ4n) is 3.62. The molecule has 0 atom stereocenters. The summed E-state index contributed by atoms with van der Waals surface area (Å²) in [6, 6.07) is 12.0. The van der Waals surface area contributed by atoms with Crippen molar-refractivity contribution in [2.24, 2.45) is 0 Å². The Labute approximate surface area is 179 Å². The zero-order valence-corrected chi connectivity index (χ0v) is 17.1. The molecule has 1 fully saturated rings. The molecule has 160 valence electrons. The van der Waals surface area contributed by atoms with E-state index in [9.17, 15) is 13.2 Å². The van der Waals surface area contributed by atoms with Crippen LogP contribution in [0.25, 0.3) is 6.08 Å². The minimum atomic E-state index is -4.42. The Morgan fingerprint density at radius 3 is 2.48 bits per heavy atom. The van der Waals surface area contributed by atoms with E-state index in [4.69, 9.17) is 4.74 Å². The highest BCUT2D eigenvalue weighted by Gasteiger charge is 2.30. The van der Waals surface area contributed by atoms with Crippen molar-refractivity contribution in [2.45, 2.75) is 25.9 Å². The lowest BCUT2D eigenvalue weighted by molar-refractivity contribution is -0.137. The molecule has 0 saturated carbocycles. The molecule has 0 N–H and O–H groups in total. The lowest BCUT2D eigenvalue weighted by atomic mass is 9.99. The number of hydrogen-bond donors (Lipinski definition) is 0. The molecule has 0 bridgehead atoms. The van der Waals surface area contributed by atoms with Crippen molar-refractivity contribution in [2.75, 3.05) is 18.0 Å². The zero-order valence-electron chi connectivity index (χ0n) is 17.1. The standard InChI is InChI=1S/C24H22F3N3O/c1-17-11-19(13-18-6-9-30(10-7-18)21-3-2-8-28-16-21)14-22(12-17)31-23-5-4-20(15-29-23)24(25,26)27/h2-5,8,11-16H,6-7,9-10H2,1H3. The smallest absolute Gasteiger partial charge is 0.417 e. The Bertz CT molecular complexity index is 1050.